The fraction of sp³-hybridized carbons (Fsp3) is 0.185. The summed E-state index contributed by atoms with van der Waals surface area (Å²) in [5, 5.41) is 10.9. The number of hydrogen-bond donors (Lipinski definition) is 0. The van der Waals surface area contributed by atoms with Crippen molar-refractivity contribution in [3.05, 3.63) is 91.3 Å². The van der Waals surface area contributed by atoms with E-state index in [1.54, 1.807) is 24.3 Å². The summed E-state index contributed by atoms with van der Waals surface area (Å²) in [7, 11) is 3.91. The second kappa shape index (κ2) is 12.0. The van der Waals surface area contributed by atoms with E-state index in [2.05, 4.69) is 15.9 Å². The van der Waals surface area contributed by atoms with Gasteiger partial charge in [0.05, 0.1) is 26.6 Å². The molecule has 0 radical (unpaired) electrons. The van der Waals surface area contributed by atoms with Crippen LogP contribution in [0.3, 0.4) is 0 Å². The van der Waals surface area contributed by atoms with E-state index in [-0.39, 0.29) is 18.2 Å². The minimum atomic E-state index is -0.443. The fourth-order valence-corrected chi connectivity index (χ4v) is 5.56. The van der Waals surface area contributed by atoms with Crippen LogP contribution in [0, 0.1) is 10.1 Å². The van der Waals surface area contributed by atoms with Crippen LogP contribution in [0.25, 0.3) is 6.08 Å². The Morgan fingerprint density at radius 3 is 2.39 bits per heavy atom. The number of nitrogens with zero attached hydrogens (tertiary/aromatic N) is 3. The maximum atomic E-state index is 13.3. The molecule has 3 aromatic carbocycles. The molecular formula is C27H24BrN3O5S2. The molecule has 4 rings (SSSR count). The molecule has 0 aliphatic carbocycles. The molecule has 11 heteroatoms. The third-order valence-corrected chi connectivity index (χ3v) is 7.47. The number of nitro groups is 1. The maximum absolute atomic E-state index is 13.3. The van der Waals surface area contributed by atoms with Gasteiger partial charge in [0.1, 0.15) is 6.61 Å². The largest absolute Gasteiger partial charge is 0.490 e. The van der Waals surface area contributed by atoms with Crippen LogP contribution in [0.4, 0.5) is 17.1 Å². The standard InChI is InChI=1S/C27H24BrN3O5S2/c1-4-35-23-14-18(13-22(28)25(23)36-16-17-5-7-21(8-6-17)31(33)34)15-24-26(32)30(27(37)38-24)20-11-9-19(10-12-20)29(2)3/h5-15H,4,16H2,1-3H3/b24-15+. The number of carbonyl (C=O) groups is 1. The SMILES string of the molecule is CCOc1cc(/C=C2/SC(=S)N(c3ccc(N(C)C)cc3)C2=O)cc(Br)c1OCc1ccc([N+](=O)[O-])cc1. The van der Waals surface area contributed by atoms with E-state index in [4.69, 9.17) is 21.7 Å². The van der Waals surface area contributed by atoms with Crippen molar-refractivity contribution in [1.82, 2.24) is 0 Å². The summed E-state index contributed by atoms with van der Waals surface area (Å²) in [6.07, 6.45) is 1.78. The summed E-state index contributed by atoms with van der Waals surface area (Å²) < 4.78 is 12.9. The number of benzene rings is 3. The minimum Gasteiger partial charge on any atom is -0.490 e. The lowest BCUT2D eigenvalue weighted by Gasteiger charge is -2.17. The van der Waals surface area contributed by atoms with Crippen LogP contribution < -0.4 is 19.3 Å². The van der Waals surface area contributed by atoms with Crippen molar-refractivity contribution in [3.8, 4) is 11.5 Å². The zero-order chi connectivity index (χ0) is 27.4. The molecule has 1 heterocycles. The number of nitro benzene ring substituents is 1. The Bertz CT molecular complexity index is 1410. The van der Waals surface area contributed by atoms with E-state index in [1.165, 1.54) is 28.8 Å². The molecule has 1 amide bonds. The first kappa shape index (κ1) is 27.6. The number of thiocarbonyl (C=S) groups is 1. The van der Waals surface area contributed by atoms with Crippen molar-refractivity contribution >= 4 is 73.3 Å². The molecule has 1 aliphatic rings. The van der Waals surface area contributed by atoms with Crippen LogP contribution in [0.1, 0.15) is 18.1 Å². The smallest absolute Gasteiger partial charge is 0.270 e. The van der Waals surface area contributed by atoms with Gasteiger partial charge in [-0.2, -0.15) is 0 Å². The molecule has 0 N–H and O–H groups in total. The Balaban J connectivity index is 1.55. The first-order valence-corrected chi connectivity index (χ1v) is 13.6. The number of carbonyl (C=O) groups excluding carboxylic acids is 1. The molecule has 8 nitrogen and oxygen atoms in total. The molecular weight excluding hydrogens is 590 g/mol. The topological polar surface area (TPSA) is 85.2 Å². The van der Waals surface area contributed by atoms with E-state index in [1.807, 2.05) is 56.3 Å². The predicted octanol–water partition coefficient (Wildman–Crippen LogP) is 6.81. The quantitative estimate of drug-likeness (QED) is 0.113. The van der Waals surface area contributed by atoms with E-state index in [9.17, 15) is 14.9 Å². The van der Waals surface area contributed by atoms with Crippen molar-refractivity contribution in [2.24, 2.45) is 0 Å². The first-order chi connectivity index (χ1) is 18.2. The number of amides is 1. The highest BCUT2D eigenvalue weighted by atomic mass is 79.9. The molecule has 0 unspecified atom stereocenters. The lowest BCUT2D eigenvalue weighted by atomic mass is 10.1. The highest BCUT2D eigenvalue weighted by Gasteiger charge is 2.33. The Morgan fingerprint density at radius 2 is 1.79 bits per heavy atom. The van der Waals surface area contributed by atoms with E-state index >= 15 is 0 Å². The Morgan fingerprint density at radius 1 is 1.11 bits per heavy atom. The van der Waals surface area contributed by atoms with Gasteiger partial charge in [0.15, 0.2) is 15.8 Å². The summed E-state index contributed by atoms with van der Waals surface area (Å²) in [4.78, 5) is 27.7. The number of halogens is 1. The summed E-state index contributed by atoms with van der Waals surface area (Å²) >= 11 is 10.3. The number of non-ortho nitro benzene ring substituents is 1. The highest BCUT2D eigenvalue weighted by Crippen LogP contribution is 2.41. The molecule has 3 aromatic rings. The van der Waals surface area contributed by atoms with E-state index in [0.717, 1.165) is 16.8 Å². The van der Waals surface area contributed by atoms with Gasteiger partial charge in [-0.05, 0) is 88.6 Å². The van der Waals surface area contributed by atoms with E-state index in [0.29, 0.717) is 37.5 Å². The van der Waals surface area contributed by atoms with Gasteiger partial charge in [-0.25, -0.2) is 0 Å². The third kappa shape index (κ3) is 6.17. The maximum Gasteiger partial charge on any atom is 0.270 e. The van der Waals surface area contributed by atoms with Gasteiger partial charge in [-0.1, -0.05) is 24.0 Å². The zero-order valence-electron chi connectivity index (χ0n) is 20.8. The van der Waals surface area contributed by atoms with Crippen LogP contribution in [0.2, 0.25) is 0 Å². The predicted molar refractivity (Wildman–Crippen MR) is 159 cm³/mol. The van der Waals surface area contributed by atoms with Gasteiger partial charge in [-0.15, -0.1) is 0 Å². The lowest BCUT2D eigenvalue weighted by molar-refractivity contribution is -0.384. The van der Waals surface area contributed by atoms with Crippen LogP contribution in [0.5, 0.6) is 11.5 Å². The van der Waals surface area contributed by atoms with Gasteiger partial charge >= 0.3 is 0 Å². The zero-order valence-corrected chi connectivity index (χ0v) is 24.1. The van der Waals surface area contributed by atoms with Gasteiger partial charge in [0.2, 0.25) is 0 Å². The average Bonchev–Trinajstić information content (AvgIpc) is 3.16. The van der Waals surface area contributed by atoms with Crippen LogP contribution in [-0.4, -0.2) is 35.9 Å². The molecule has 0 aromatic heterocycles. The number of anilines is 2. The van der Waals surface area contributed by atoms with Gasteiger partial charge in [-0.3, -0.25) is 19.8 Å². The molecule has 196 valence electrons. The molecule has 1 aliphatic heterocycles. The Hall–Kier alpha value is -3.41. The highest BCUT2D eigenvalue weighted by molar-refractivity contribution is 9.10. The second-order valence-electron chi connectivity index (χ2n) is 8.40. The van der Waals surface area contributed by atoms with Crippen molar-refractivity contribution in [3.63, 3.8) is 0 Å². The third-order valence-electron chi connectivity index (χ3n) is 5.58. The van der Waals surface area contributed by atoms with Crippen molar-refractivity contribution in [2.45, 2.75) is 13.5 Å². The van der Waals surface area contributed by atoms with Crippen molar-refractivity contribution < 1.29 is 19.2 Å². The molecule has 1 fully saturated rings. The van der Waals surface area contributed by atoms with E-state index < -0.39 is 4.92 Å². The number of hydrogen-bond acceptors (Lipinski definition) is 8. The van der Waals surface area contributed by atoms with Crippen molar-refractivity contribution in [2.75, 3.05) is 30.5 Å². The van der Waals surface area contributed by atoms with Crippen LogP contribution in [0.15, 0.2) is 70.0 Å². The summed E-state index contributed by atoms with van der Waals surface area (Å²) in [5.41, 5.74) is 3.28. The second-order valence-corrected chi connectivity index (χ2v) is 10.9. The summed E-state index contributed by atoms with van der Waals surface area (Å²) in [6.45, 7) is 2.48. The monoisotopic (exact) mass is 613 g/mol. The minimum absolute atomic E-state index is 0.0188. The molecule has 0 atom stereocenters. The lowest BCUT2D eigenvalue weighted by Crippen LogP contribution is -2.27. The molecule has 0 bridgehead atoms. The van der Waals surface area contributed by atoms with Crippen LogP contribution >= 0.6 is 39.9 Å². The summed E-state index contributed by atoms with van der Waals surface area (Å²) in [5.74, 6) is 0.811. The molecule has 1 saturated heterocycles. The molecule has 0 saturated carbocycles. The Labute approximate surface area is 238 Å². The number of ether oxygens (including phenoxy) is 2. The van der Waals surface area contributed by atoms with Crippen molar-refractivity contribution in [1.29, 1.82) is 0 Å². The van der Waals surface area contributed by atoms with Gasteiger partial charge in [0.25, 0.3) is 11.6 Å². The van der Waals surface area contributed by atoms with Crippen LogP contribution in [-0.2, 0) is 11.4 Å². The normalized spacial score (nSPS) is 14.2. The Kier molecular flexibility index (Phi) is 8.70. The molecule has 38 heavy (non-hydrogen) atoms. The number of thioether (sulfide) groups is 1. The number of rotatable bonds is 9. The van der Waals surface area contributed by atoms with Gasteiger partial charge in [0, 0.05) is 31.9 Å². The summed E-state index contributed by atoms with van der Waals surface area (Å²) in [6, 6.07) is 17.5. The fourth-order valence-electron chi connectivity index (χ4n) is 3.69. The van der Waals surface area contributed by atoms with Gasteiger partial charge < -0.3 is 14.4 Å². The molecule has 0 spiro atoms. The first-order valence-electron chi connectivity index (χ1n) is 11.6. The average molecular weight is 615 g/mol.